The number of pyridine rings is 1. The van der Waals surface area contributed by atoms with E-state index in [4.69, 9.17) is 15.2 Å². The zero-order valence-electron chi connectivity index (χ0n) is 13.3. The molecule has 0 bridgehead atoms. The molecule has 0 saturated heterocycles. The Morgan fingerprint density at radius 3 is 2.58 bits per heavy atom. The summed E-state index contributed by atoms with van der Waals surface area (Å²) in [6.45, 7) is 2.12. The van der Waals surface area contributed by atoms with Crippen molar-refractivity contribution in [2.24, 2.45) is 5.73 Å². The van der Waals surface area contributed by atoms with E-state index in [1.807, 2.05) is 30.3 Å². The van der Waals surface area contributed by atoms with Gasteiger partial charge in [0.2, 0.25) is 5.91 Å². The van der Waals surface area contributed by atoms with Crippen LogP contribution in [0.15, 0.2) is 42.6 Å². The van der Waals surface area contributed by atoms with Gasteiger partial charge in [-0.3, -0.25) is 14.9 Å². The van der Waals surface area contributed by atoms with Crippen molar-refractivity contribution < 1.29 is 19.1 Å². The minimum absolute atomic E-state index is 0.0239. The Balaban J connectivity index is 2.22. The fourth-order valence-corrected chi connectivity index (χ4v) is 1.96. The average molecular weight is 329 g/mol. The highest BCUT2D eigenvalue weighted by Gasteiger charge is 2.20. The summed E-state index contributed by atoms with van der Waals surface area (Å²) in [6.07, 6.45) is 1.42. The van der Waals surface area contributed by atoms with Crippen molar-refractivity contribution in [1.82, 2.24) is 10.3 Å². The van der Waals surface area contributed by atoms with E-state index in [1.54, 1.807) is 13.0 Å². The van der Waals surface area contributed by atoms with E-state index in [-0.39, 0.29) is 18.0 Å². The van der Waals surface area contributed by atoms with E-state index >= 15 is 0 Å². The first-order valence-electron chi connectivity index (χ1n) is 7.48. The average Bonchev–Trinajstić information content (AvgIpc) is 2.61. The van der Waals surface area contributed by atoms with Gasteiger partial charge in [-0.1, -0.05) is 30.3 Å². The molecular formula is C17H19N3O4. The molecule has 0 aliphatic carbocycles. The maximum absolute atomic E-state index is 12.2. The van der Waals surface area contributed by atoms with E-state index in [1.165, 1.54) is 6.20 Å². The third kappa shape index (κ3) is 4.53. The number of nitrogens with one attached hydrogen (secondary N) is 1. The lowest BCUT2D eigenvalue weighted by Gasteiger charge is -2.14. The van der Waals surface area contributed by atoms with Crippen LogP contribution in [0.2, 0.25) is 0 Å². The molecule has 7 nitrogen and oxygen atoms in total. The molecule has 126 valence electrons. The molecule has 2 aromatic rings. The predicted molar refractivity (Wildman–Crippen MR) is 87.7 cm³/mol. The van der Waals surface area contributed by atoms with Gasteiger partial charge >= 0.3 is 0 Å². The fraction of sp³-hybridized carbons (Fsp3) is 0.235. The molecule has 0 saturated carbocycles. The molecule has 0 radical (unpaired) electrons. The number of ether oxygens (including phenoxy) is 2. The third-order valence-corrected chi connectivity index (χ3v) is 3.05. The number of nitrogens with zero attached hydrogens (tertiary/aromatic N) is 1. The van der Waals surface area contributed by atoms with Crippen LogP contribution in [0.5, 0.6) is 11.5 Å². The van der Waals surface area contributed by atoms with Gasteiger partial charge in [0, 0.05) is 12.3 Å². The van der Waals surface area contributed by atoms with Gasteiger partial charge in [-0.2, -0.15) is 0 Å². The monoisotopic (exact) mass is 329 g/mol. The van der Waals surface area contributed by atoms with Gasteiger partial charge in [0.1, 0.15) is 6.61 Å². The van der Waals surface area contributed by atoms with Crippen LogP contribution < -0.4 is 20.5 Å². The molecule has 1 aromatic heterocycles. The molecule has 3 N–H and O–H groups in total. The second-order valence-electron chi connectivity index (χ2n) is 4.78. The predicted octanol–water partition coefficient (Wildman–Crippen LogP) is 1.27. The van der Waals surface area contributed by atoms with Crippen molar-refractivity contribution in [3.05, 3.63) is 53.9 Å². The van der Waals surface area contributed by atoms with Gasteiger partial charge in [-0.05, 0) is 12.5 Å². The molecule has 1 heterocycles. The molecule has 0 unspecified atom stereocenters. The molecule has 0 atom stereocenters. The van der Waals surface area contributed by atoms with Crippen molar-refractivity contribution >= 4 is 11.8 Å². The van der Waals surface area contributed by atoms with E-state index in [0.717, 1.165) is 5.56 Å². The molecule has 1 aromatic carbocycles. The minimum atomic E-state index is -0.681. The first-order valence-corrected chi connectivity index (χ1v) is 7.48. The summed E-state index contributed by atoms with van der Waals surface area (Å²) in [5, 5.41) is 2.14. The molecule has 2 amide bonds. The van der Waals surface area contributed by atoms with Crippen molar-refractivity contribution in [3.63, 3.8) is 0 Å². The summed E-state index contributed by atoms with van der Waals surface area (Å²) >= 11 is 0. The molecule has 24 heavy (non-hydrogen) atoms. The number of rotatable bonds is 7. The lowest BCUT2D eigenvalue weighted by molar-refractivity contribution is -0.118. The van der Waals surface area contributed by atoms with E-state index in [9.17, 15) is 9.59 Å². The summed E-state index contributed by atoms with van der Waals surface area (Å²) < 4.78 is 11.2. The number of nitrogens with two attached hydrogens (primary N) is 1. The molecule has 0 spiro atoms. The number of hydrogen-bond donors (Lipinski definition) is 2. The van der Waals surface area contributed by atoms with E-state index in [2.05, 4.69) is 10.3 Å². The maximum Gasteiger partial charge on any atom is 0.280 e. The van der Waals surface area contributed by atoms with Crippen molar-refractivity contribution in [3.8, 4) is 11.5 Å². The number of carbonyl (C=O) groups excluding carboxylic acids is 2. The standard InChI is InChI=1S/C17H19N3O4/c1-2-23-16-13(24-11-12-6-4-3-5-7-12)8-9-19-15(16)17(22)20-14(21)10-18/h3-9H,2,10-11,18H2,1H3,(H,20,21,22). The van der Waals surface area contributed by atoms with Gasteiger partial charge in [0.15, 0.2) is 17.2 Å². The summed E-state index contributed by atoms with van der Waals surface area (Å²) in [5.74, 6) is -0.710. The zero-order chi connectivity index (χ0) is 17.4. The Labute approximate surface area is 139 Å². The molecule has 7 heteroatoms. The van der Waals surface area contributed by atoms with Crippen LogP contribution in [0.3, 0.4) is 0 Å². The maximum atomic E-state index is 12.2. The highest BCUT2D eigenvalue weighted by atomic mass is 16.5. The number of imide groups is 1. The second kappa shape index (κ2) is 8.64. The number of aromatic nitrogens is 1. The highest BCUT2D eigenvalue weighted by Crippen LogP contribution is 2.30. The molecule has 2 rings (SSSR count). The van der Waals surface area contributed by atoms with Crippen LogP contribution in [-0.2, 0) is 11.4 Å². The summed E-state index contributed by atoms with van der Waals surface area (Å²) in [5.41, 5.74) is 6.15. The first-order chi connectivity index (χ1) is 11.7. The van der Waals surface area contributed by atoms with E-state index < -0.39 is 11.8 Å². The van der Waals surface area contributed by atoms with Crippen molar-refractivity contribution in [2.75, 3.05) is 13.2 Å². The number of hydrogen-bond acceptors (Lipinski definition) is 6. The smallest absolute Gasteiger partial charge is 0.280 e. The molecular weight excluding hydrogens is 310 g/mol. The van der Waals surface area contributed by atoms with Gasteiger partial charge in [0.05, 0.1) is 13.2 Å². The Bertz CT molecular complexity index is 704. The van der Waals surface area contributed by atoms with Crippen LogP contribution >= 0.6 is 0 Å². The van der Waals surface area contributed by atoms with Crippen LogP contribution in [0, 0.1) is 0 Å². The molecule has 0 aliphatic heterocycles. The van der Waals surface area contributed by atoms with Crippen molar-refractivity contribution in [1.29, 1.82) is 0 Å². The molecule has 0 fully saturated rings. The van der Waals surface area contributed by atoms with Gasteiger partial charge in [-0.15, -0.1) is 0 Å². The number of benzene rings is 1. The minimum Gasteiger partial charge on any atom is -0.488 e. The third-order valence-electron chi connectivity index (χ3n) is 3.05. The van der Waals surface area contributed by atoms with Gasteiger partial charge < -0.3 is 15.2 Å². The van der Waals surface area contributed by atoms with Crippen molar-refractivity contribution in [2.45, 2.75) is 13.5 Å². The topological polar surface area (TPSA) is 104 Å². The Kier molecular flexibility index (Phi) is 6.27. The SMILES string of the molecule is CCOc1c(OCc2ccccc2)ccnc1C(=O)NC(=O)CN. The van der Waals surface area contributed by atoms with Crippen LogP contribution in [-0.4, -0.2) is 29.9 Å². The van der Waals surface area contributed by atoms with Crippen LogP contribution in [0.25, 0.3) is 0 Å². The quantitative estimate of drug-likeness (QED) is 0.793. The lowest BCUT2D eigenvalue weighted by Crippen LogP contribution is -2.36. The Hall–Kier alpha value is -2.93. The van der Waals surface area contributed by atoms with Crippen LogP contribution in [0.4, 0.5) is 0 Å². The zero-order valence-corrected chi connectivity index (χ0v) is 13.3. The second-order valence-corrected chi connectivity index (χ2v) is 4.78. The first kappa shape index (κ1) is 17.4. The lowest BCUT2D eigenvalue weighted by atomic mass is 10.2. The highest BCUT2D eigenvalue weighted by molar-refractivity contribution is 6.05. The summed E-state index contributed by atoms with van der Waals surface area (Å²) in [4.78, 5) is 27.4. The number of amides is 2. The molecule has 0 aliphatic rings. The Morgan fingerprint density at radius 1 is 1.17 bits per heavy atom. The van der Waals surface area contributed by atoms with E-state index in [0.29, 0.717) is 19.0 Å². The normalized spacial score (nSPS) is 10.1. The van der Waals surface area contributed by atoms with Crippen LogP contribution in [0.1, 0.15) is 23.0 Å². The van der Waals surface area contributed by atoms with Gasteiger partial charge in [-0.25, -0.2) is 4.98 Å². The number of carbonyl (C=O) groups is 2. The van der Waals surface area contributed by atoms with Gasteiger partial charge in [0.25, 0.3) is 5.91 Å². The largest absolute Gasteiger partial charge is 0.488 e. The summed E-state index contributed by atoms with van der Waals surface area (Å²) in [6, 6.07) is 11.2. The summed E-state index contributed by atoms with van der Waals surface area (Å²) in [7, 11) is 0. The Morgan fingerprint density at radius 2 is 1.92 bits per heavy atom. The fourth-order valence-electron chi connectivity index (χ4n) is 1.96.